The minimum absolute atomic E-state index is 0.548. The van der Waals surface area contributed by atoms with Gasteiger partial charge in [-0.2, -0.15) is 0 Å². The normalized spacial score (nSPS) is 17.9. The molecule has 0 aromatic heterocycles. The van der Waals surface area contributed by atoms with Gasteiger partial charge in [0.2, 0.25) is 0 Å². The van der Waals surface area contributed by atoms with E-state index in [1.54, 1.807) is 0 Å². The van der Waals surface area contributed by atoms with Gasteiger partial charge in [0, 0.05) is 0 Å². The Morgan fingerprint density at radius 2 is 1.56 bits per heavy atom. The molecule has 1 N–H and O–H groups in total. The summed E-state index contributed by atoms with van der Waals surface area (Å²) in [7, 11) is 0. The summed E-state index contributed by atoms with van der Waals surface area (Å²) in [6.45, 7) is 9.00. The molecule has 0 spiro atoms. The fraction of sp³-hybridized carbons (Fsp3) is 0.923. The molecule has 0 aromatic carbocycles. The van der Waals surface area contributed by atoms with E-state index >= 15 is 0 Å². The predicted octanol–water partition coefficient (Wildman–Crippen LogP) is 2.28. The van der Waals surface area contributed by atoms with Crippen molar-refractivity contribution < 1.29 is 0 Å². The average molecular weight is 289 g/mol. The van der Waals surface area contributed by atoms with E-state index in [1.165, 1.54) is 36.8 Å². The zero-order chi connectivity index (χ0) is 12.1. The summed E-state index contributed by atoms with van der Waals surface area (Å²) in [5, 5.41) is 3.67. The maximum atomic E-state index is 3.67. The van der Waals surface area contributed by atoms with Gasteiger partial charge in [-0.25, -0.2) is 0 Å². The summed E-state index contributed by atoms with van der Waals surface area (Å²) >= 11 is 3.22. The van der Waals surface area contributed by atoms with Gasteiger partial charge in [-0.3, -0.25) is 0 Å². The molecule has 1 aliphatic rings. The molecule has 0 unspecified atom stereocenters. The van der Waals surface area contributed by atoms with Crippen molar-refractivity contribution in [3.8, 4) is 0 Å². The van der Waals surface area contributed by atoms with Gasteiger partial charge in [0.05, 0.1) is 0 Å². The van der Waals surface area contributed by atoms with Gasteiger partial charge in [-0.1, -0.05) is 0 Å². The van der Waals surface area contributed by atoms with E-state index in [-0.39, 0.29) is 0 Å². The van der Waals surface area contributed by atoms with Crippen LogP contribution in [0.4, 0.5) is 0 Å². The Balaban J connectivity index is 2.47. The number of hydrogen-bond acceptors (Lipinski definition) is 2. The summed E-state index contributed by atoms with van der Waals surface area (Å²) in [5.41, 5.74) is 0. The first-order valence-corrected chi connectivity index (χ1v) is 7.47. The first-order chi connectivity index (χ1) is 7.52. The second-order valence-electron chi connectivity index (χ2n) is 5.38. The molecule has 1 fully saturated rings. The van der Waals surface area contributed by atoms with Crippen LogP contribution in [0.15, 0.2) is 0 Å². The van der Waals surface area contributed by atoms with Crippen molar-refractivity contribution in [3.63, 3.8) is 0 Å². The van der Waals surface area contributed by atoms with Crippen molar-refractivity contribution in [2.75, 3.05) is 0 Å². The molecular formula is C13H26N2Se. The Bertz CT molecular complexity index is 212. The van der Waals surface area contributed by atoms with Gasteiger partial charge in [0.15, 0.2) is 0 Å². The molecule has 3 heteroatoms. The quantitative estimate of drug-likeness (QED) is 0.781. The molecule has 0 aliphatic heterocycles. The van der Waals surface area contributed by atoms with E-state index in [9.17, 15) is 0 Å². The molecule has 0 heterocycles. The average Bonchev–Trinajstić information content (AvgIpc) is 2.17. The monoisotopic (exact) mass is 290 g/mol. The van der Waals surface area contributed by atoms with Crippen LogP contribution in [0.25, 0.3) is 0 Å². The van der Waals surface area contributed by atoms with Crippen LogP contribution in [0.2, 0.25) is 0 Å². The van der Waals surface area contributed by atoms with Crippen LogP contribution in [0, 0.1) is 0 Å². The van der Waals surface area contributed by atoms with E-state index in [4.69, 9.17) is 0 Å². The minimum atomic E-state index is 0.548. The molecule has 0 radical (unpaired) electrons. The van der Waals surface area contributed by atoms with Crippen LogP contribution in [-0.2, 0) is 0 Å². The molecule has 94 valence electrons. The fourth-order valence-corrected chi connectivity index (χ4v) is 3.80. The van der Waals surface area contributed by atoms with Crippen molar-refractivity contribution in [1.29, 1.82) is 0 Å². The summed E-state index contributed by atoms with van der Waals surface area (Å²) in [5.74, 6) is 0. The van der Waals surface area contributed by atoms with Gasteiger partial charge in [0.1, 0.15) is 0 Å². The number of hydrogen-bond donors (Lipinski definition) is 1. The summed E-state index contributed by atoms with van der Waals surface area (Å²) in [6, 6.07) is 1.78. The molecular weight excluding hydrogens is 263 g/mol. The Kier molecular flexibility index (Phi) is 5.85. The first kappa shape index (κ1) is 14.1. The third-order valence-corrected chi connectivity index (χ3v) is 3.97. The number of nitrogens with zero attached hydrogens (tertiary/aromatic N) is 1. The molecule has 0 aromatic rings. The van der Waals surface area contributed by atoms with Crippen LogP contribution in [0.3, 0.4) is 0 Å². The maximum absolute atomic E-state index is 3.67. The van der Waals surface area contributed by atoms with Gasteiger partial charge in [-0.15, -0.1) is 0 Å². The summed E-state index contributed by atoms with van der Waals surface area (Å²) < 4.78 is 1.23. The zero-order valence-corrected chi connectivity index (χ0v) is 12.8. The molecule has 0 bridgehead atoms. The molecule has 16 heavy (non-hydrogen) atoms. The van der Waals surface area contributed by atoms with Crippen molar-refractivity contribution in [2.24, 2.45) is 0 Å². The standard InChI is InChI=1S/C13H26N2Se/c1-10(2)15(11(3)4)13(16)14-12-8-6-5-7-9-12/h10-12H,5-9H2,1-4H3,(H,14,16). The molecule has 0 atom stereocenters. The van der Waals surface area contributed by atoms with Crippen molar-refractivity contribution in [2.45, 2.75) is 77.9 Å². The third kappa shape index (κ3) is 4.10. The Morgan fingerprint density at radius 1 is 1.06 bits per heavy atom. The first-order valence-electron chi connectivity index (χ1n) is 6.61. The topological polar surface area (TPSA) is 15.3 Å². The third-order valence-electron chi connectivity index (χ3n) is 3.28. The van der Waals surface area contributed by atoms with Gasteiger partial charge >= 0.3 is 108 Å². The summed E-state index contributed by atoms with van der Waals surface area (Å²) in [6.07, 6.45) is 6.84. The molecule has 0 amide bonds. The van der Waals surface area contributed by atoms with Crippen LogP contribution < -0.4 is 5.32 Å². The zero-order valence-electron chi connectivity index (χ0n) is 11.1. The van der Waals surface area contributed by atoms with Gasteiger partial charge < -0.3 is 0 Å². The van der Waals surface area contributed by atoms with Crippen LogP contribution in [0.5, 0.6) is 0 Å². The van der Waals surface area contributed by atoms with Crippen molar-refractivity contribution >= 4 is 20.2 Å². The molecule has 1 rings (SSSR count). The van der Waals surface area contributed by atoms with E-state index in [2.05, 4.69) is 53.5 Å². The Hall–Kier alpha value is -0.0105. The molecule has 2 nitrogen and oxygen atoms in total. The molecule has 0 saturated heterocycles. The predicted molar refractivity (Wildman–Crippen MR) is 72.9 cm³/mol. The molecule has 1 aliphatic carbocycles. The van der Waals surface area contributed by atoms with Crippen molar-refractivity contribution in [1.82, 2.24) is 10.2 Å². The fourth-order valence-electron chi connectivity index (χ4n) is 2.56. The van der Waals surface area contributed by atoms with Gasteiger partial charge in [0.25, 0.3) is 0 Å². The van der Waals surface area contributed by atoms with E-state index in [1.807, 2.05) is 0 Å². The second-order valence-corrected chi connectivity index (χ2v) is 6.19. The van der Waals surface area contributed by atoms with Crippen LogP contribution in [0.1, 0.15) is 59.8 Å². The van der Waals surface area contributed by atoms with Crippen molar-refractivity contribution in [3.05, 3.63) is 0 Å². The summed E-state index contributed by atoms with van der Waals surface area (Å²) in [4.78, 5) is 2.43. The second kappa shape index (κ2) is 6.66. The van der Waals surface area contributed by atoms with Crippen LogP contribution >= 0.6 is 0 Å². The number of rotatable bonds is 5. The van der Waals surface area contributed by atoms with E-state index in [0.717, 1.165) is 0 Å². The SMILES string of the molecule is CC(C)N(C(=[Se])NC1CCCCC1)C(C)C. The molecule has 1 saturated carbocycles. The Morgan fingerprint density at radius 3 is 2.00 bits per heavy atom. The van der Waals surface area contributed by atoms with Crippen LogP contribution in [-0.4, -0.2) is 43.3 Å². The Labute approximate surface area is 109 Å². The number of nitrogens with one attached hydrogen (secondary N) is 1. The van der Waals surface area contributed by atoms with E-state index < -0.39 is 0 Å². The van der Waals surface area contributed by atoms with E-state index in [0.29, 0.717) is 18.1 Å². The van der Waals surface area contributed by atoms with Gasteiger partial charge in [-0.05, 0) is 0 Å².